The Morgan fingerprint density at radius 3 is 2.88 bits per heavy atom. The number of fused-ring (bicyclic) bond motifs is 1. The van der Waals surface area contributed by atoms with Crippen molar-refractivity contribution in [3.05, 3.63) is 41.8 Å². The summed E-state index contributed by atoms with van der Waals surface area (Å²) in [5, 5.41) is 3.70. The van der Waals surface area contributed by atoms with Gasteiger partial charge in [-0.15, -0.1) is 0 Å². The molecule has 2 aliphatic rings. The number of carbonyl (C=O) groups is 1. The van der Waals surface area contributed by atoms with Crippen molar-refractivity contribution < 1.29 is 13.9 Å². The van der Waals surface area contributed by atoms with Gasteiger partial charge in [0, 0.05) is 5.39 Å². The highest BCUT2D eigenvalue weighted by molar-refractivity contribution is 5.95. The van der Waals surface area contributed by atoms with Gasteiger partial charge < -0.3 is 10.1 Å². The molecule has 1 N–H and O–H groups in total. The van der Waals surface area contributed by atoms with Crippen molar-refractivity contribution in [1.29, 1.82) is 0 Å². The third-order valence-corrected chi connectivity index (χ3v) is 4.88. The van der Waals surface area contributed by atoms with Crippen LogP contribution in [0.25, 0.3) is 10.9 Å². The van der Waals surface area contributed by atoms with Crippen LogP contribution in [0.3, 0.4) is 0 Å². The van der Waals surface area contributed by atoms with E-state index in [4.69, 9.17) is 4.74 Å². The van der Waals surface area contributed by atoms with E-state index >= 15 is 0 Å². The van der Waals surface area contributed by atoms with Crippen LogP contribution in [0.1, 0.15) is 23.3 Å². The lowest BCUT2D eigenvalue weighted by Gasteiger charge is -2.27. The van der Waals surface area contributed by atoms with Crippen molar-refractivity contribution in [3.63, 3.8) is 0 Å². The van der Waals surface area contributed by atoms with Gasteiger partial charge in [0.2, 0.25) is 0 Å². The number of nitrogens with one attached hydrogen (secondary N) is 1. The average Bonchev–Trinajstić information content (AvgIpc) is 3.26. The number of rotatable bonds is 3. The second kappa shape index (κ2) is 6.45. The number of benzene rings is 1. The molecule has 24 heavy (non-hydrogen) atoms. The second-order valence-corrected chi connectivity index (χ2v) is 6.44. The Kier molecular flexibility index (Phi) is 4.16. The maximum absolute atomic E-state index is 13.9. The van der Waals surface area contributed by atoms with Gasteiger partial charge in [0.15, 0.2) is 0 Å². The van der Waals surface area contributed by atoms with Gasteiger partial charge >= 0.3 is 0 Å². The van der Waals surface area contributed by atoms with Crippen LogP contribution in [-0.2, 0) is 4.74 Å². The van der Waals surface area contributed by atoms with E-state index in [1.807, 2.05) is 0 Å². The number of likely N-dealkylation sites (tertiary alicyclic amines) is 1. The number of carbonyl (C=O) groups excluding carboxylic acids is 1. The smallest absolute Gasteiger partial charge is 0.270 e. The van der Waals surface area contributed by atoms with Gasteiger partial charge in [0.25, 0.3) is 5.91 Å². The van der Waals surface area contributed by atoms with Crippen LogP contribution in [0.4, 0.5) is 4.39 Å². The second-order valence-electron chi connectivity index (χ2n) is 6.44. The van der Waals surface area contributed by atoms with Crippen molar-refractivity contribution in [3.8, 4) is 0 Å². The molecule has 2 fully saturated rings. The van der Waals surface area contributed by atoms with E-state index in [0.29, 0.717) is 18.6 Å². The summed E-state index contributed by atoms with van der Waals surface area (Å²) in [5.41, 5.74) is 0.462. The molecule has 2 atom stereocenters. The van der Waals surface area contributed by atoms with Crippen molar-refractivity contribution in [1.82, 2.24) is 15.2 Å². The van der Waals surface area contributed by atoms with Crippen LogP contribution in [0.15, 0.2) is 30.3 Å². The molecule has 6 heteroatoms. The number of aromatic nitrogens is 1. The van der Waals surface area contributed by atoms with Gasteiger partial charge in [-0.1, -0.05) is 18.2 Å². The van der Waals surface area contributed by atoms with Crippen molar-refractivity contribution in [2.45, 2.75) is 24.9 Å². The van der Waals surface area contributed by atoms with Gasteiger partial charge in [-0.2, -0.15) is 0 Å². The maximum Gasteiger partial charge on any atom is 0.270 e. The predicted molar refractivity (Wildman–Crippen MR) is 88.4 cm³/mol. The number of ether oxygens (including phenoxy) is 1. The molecule has 1 amide bonds. The zero-order chi connectivity index (χ0) is 16.5. The van der Waals surface area contributed by atoms with Crippen LogP contribution in [0.2, 0.25) is 0 Å². The van der Waals surface area contributed by atoms with E-state index in [2.05, 4.69) is 15.2 Å². The zero-order valence-electron chi connectivity index (χ0n) is 13.4. The molecule has 1 aromatic heterocycles. The Morgan fingerprint density at radius 2 is 2.04 bits per heavy atom. The normalized spacial score (nSPS) is 24.5. The first-order valence-electron chi connectivity index (χ1n) is 8.40. The Morgan fingerprint density at radius 1 is 1.21 bits per heavy atom. The Hall–Kier alpha value is -2.05. The van der Waals surface area contributed by atoms with E-state index in [1.54, 1.807) is 24.3 Å². The summed E-state index contributed by atoms with van der Waals surface area (Å²) < 4.78 is 19.5. The van der Waals surface area contributed by atoms with Crippen LogP contribution < -0.4 is 5.32 Å². The number of amides is 1. The van der Waals surface area contributed by atoms with Gasteiger partial charge in [0.1, 0.15) is 17.0 Å². The highest BCUT2D eigenvalue weighted by Gasteiger charge is 2.35. The summed E-state index contributed by atoms with van der Waals surface area (Å²) in [6.07, 6.45) is 2.39. The minimum atomic E-state index is -0.415. The average molecular weight is 329 g/mol. The highest BCUT2D eigenvalue weighted by atomic mass is 19.1. The van der Waals surface area contributed by atoms with E-state index in [1.165, 1.54) is 18.9 Å². The Bertz CT molecular complexity index is 761. The number of nitrogens with zero attached hydrogens (tertiary/aromatic N) is 2. The van der Waals surface area contributed by atoms with E-state index < -0.39 is 5.82 Å². The van der Waals surface area contributed by atoms with E-state index in [-0.39, 0.29) is 29.2 Å². The van der Waals surface area contributed by atoms with Crippen molar-refractivity contribution in [2.75, 3.05) is 26.3 Å². The maximum atomic E-state index is 13.9. The molecule has 0 aliphatic carbocycles. The zero-order valence-corrected chi connectivity index (χ0v) is 13.4. The lowest BCUT2D eigenvalue weighted by molar-refractivity contribution is 0.0912. The fourth-order valence-electron chi connectivity index (χ4n) is 3.59. The summed E-state index contributed by atoms with van der Waals surface area (Å²) in [7, 11) is 0. The van der Waals surface area contributed by atoms with Gasteiger partial charge in [-0.05, 0) is 38.1 Å². The minimum absolute atomic E-state index is 0.0475. The van der Waals surface area contributed by atoms with Crippen molar-refractivity contribution in [2.24, 2.45) is 0 Å². The molecular formula is C18H20FN3O2. The fourth-order valence-corrected chi connectivity index (χ4v) is 3.59. The Balaban J connectivity index is 1.52. The Labute approximate surface area is 139 Å². The van der Waals surface area contributed by atoms with Crippen LogP contribution in [-0.4, -0.2) is 54.2 Å². The van der Waals surface area contributed by atoms with E-state index in [9.17, 15) is 9.18 Å². The quantitative estimate of drug-likeness (QED) is 0.935. The summed E-state index contributed by atoms with van der Waals surface area (Å²) in [6.45, 7) is 3.26. The molecule has 1 aromatic carbocycles. The summed E-state index contributed by atoms with van der Waals surface area (Å²) in [5.74, 6) is -0.693. The van der Waals surface area contributed by atoms with Crippen LogP contribution >= 0.6 is 0 Å². The fraction of sp³-hybridized carbons (Fsp3) is 0.444. The molecule has 0 bridgehead atoms. The summed E-state index contributed by atoms with van der Waals surface area (Å²) in [6, 6.07) is 8.30. The molecule has 2 saturated heterocycles. The van der Waals surface area contributed by atoms with Crippen molar-refractivity contribution >= 4 is 16.8 Å². The number of halogens is 1. The number of hydrogen-bond acceptors (Lipinski definition) is 4. The predicted octanol–water partition coefficient (Wildman–Crippen LogP) is 1.97. The topological polar surface area (TPSA) is 54.5 Å². The molecule has 3 heterocycles. The number of hydrogen-bond donors (Lipinski definition) is 1. The third-order valence-electron chi connectivity index (χ3n) is 4.88. The lowest BCUT2D eigenvalue weighted by atomic mass is 10.1. The molecule has 0 radical (unpaired) electrons. The molecule has 0 saturated carbocycles. The summed E-state index contributed by atoms with van der Waals surface area (Å²) in [4.78, 5) is 19.1. The first-order chi connectivity index (χ1) is 11.7. The lowest BCUT2D eigenvalue weighted by Crippen LogP contribution is -2.50. The highest BCUT2D eigenvalue weighted by Crippen LogP contribution is 2.20. The van der Waals surface area contributed by atoms with Crippen LogP contribution in [0.5, 0.6) is 0 Å². The summed E-state index contributed by atoms with van der Waals surface area (Å²) >= 11 is 0. The third kappa shape index (κ3) is 2.87. The van der Waals surface area contributed by atoms with Gasteiger partial charge in [-0.3, -0.25) is 9.69 Å². The molecule has 2 aliphatic heterocycles. The minimum Gasteiger partial charge on any atom is -0.378 e. The van der Waals surface area contributed by atoms with E-state index in [0.717, 1.165) is 13.1 Å². The molecule has 4 rings (SSSR count). The number of para-hydroxylation sites is 1. The molecule has 5 nitrogen and oxygen atoms in total. The first-order valence-corrected chi connectivity index (χ1v) is 8.40. The SMILES string of the molecule is O=C(N[C@H]1COC[C@@H]1N1CCCC1)c1ccc2cccc(F)c2n1. The molecule has 126 valence electrons. The number of pyridine rings is 1. The monoisotopic (exact) mass is 329 g/mol. The van der Waals surface area contributed by atoms with Crippen LogP contribution in [0, 0.1) is 5.82 Å². The first kappa shape index (κ1) is 15.5. The molecule has 2 aromatic rings. The van der Waals surface area contributed by atoms with Gasteiger partial charge in [-0.25, -0.2) is 9.37 Å². The van der Waals surface area contributed by atoms with Gasteiger partial charge in [0.05, 0.1) is 25.3 Å². The molecule has 0 spiro atoms. The largest absolute Gasteiger partial charge is 0.378 e. The standard InChI is InChI=1S/C18H20FN3O2/c19-13-5-3-4-12-6-7-14(20-17(12)13)18(23)21-15-10-24-11-16(15)22-8-1-2-9-22/h3-7,15-16H,1-2,8-11H2,(H,21,23)/t15-,16-/m0/s1. The molecule has 0 unspecified atom stereocenters. The molecular weight excluding hydrogens is 309 g/mol.